The highest BCUT2D eigenvalue weighted by molar-refractivity contribution is 5.26. The predicted octanol–water partition coefficient (Wildman–Crippen LogP) is 8.02. The van der Waals surface area contributed by atoms with Gasteiger partial charge in [0.05, 0.1) is 12.7 Å². The summed E-state index contributed by atoms with van der Waals surface area (Å²) in [5, 5.41) is 0. The second-order valence-corrected chi connectivity index (χ2v) is 15.1. The summed E-state index contributed by atoms with van der Waals surface area (Å²) in [6, 6.07) is 0. The minimum absolute atomic E-state index is 0.274. The van der Waals surface area contributed by atoms with Gasteiger partial charge in [-0.3, -0.25) is 0 Å². The van der Waals surface area contributed by atoms with Crippen molar-refractivity contribution in [3.63, 3.8) is 0 Å². The standard InChI is InChI=1S/C31H50O2/c1-19-10-15-31(32-18-19)20(2)27-26(33-31)17-25-23-9-8-22-16-21(28(3,4)5)11-13-29(22,6)24(23)12-14-30(25,27)7/h8,19-21,23-27H,9-18H2,1-7H3/t19-,20+,21?,23-,24+,25+,26+,27+,29+,30+,31-/m1/s1. The molecule has 2 heterocycles. The van der Waals surface area contributed by atoms with Crippen LogP contribution in [0.2, 0.25) is 0 Å². The monoisotopic (exact) mass is 454 g/mol. The maximum Gasteiger partial charge on any atom is 0.171 e. The Morgan fingerprint density at radius 3 is 2.45 bits per heavy atom. The summed E-state index contributed by atoms with van der Waals surface area (Å²) >= 11 is 0. The number of ether oxygens (including phenoxy) is 2. The Morgan fingerprint density at radius 2 is 1.76 bits per heavy atom. The lowest BCUT2D eigenvalue weighted by molar-refractivity contribution is -0.272. The summed E-state index contributed by atoms with van der Waals surface area (Å²) in [4.78, 5) is 0. The molecule has 0 amide bonds. The molecule has 2 aliphatic heterocycles. The smallest absolute Gasteiger partial charge is 0.171 e. The minimum atomic E-state index is -0.274. The fourth-order valence-corrected chi connectivity index (χ4v) is 10.4. The van der Waals surface area contributed by atoms with Crippen LogP contribution >= 0.6 is 0 Å². The molecule has 0 radical (unpaired) electrons. The number of fused-ring (bicyclic) bond motifs is 7. The average molecular weight is 455 g/mol. The molecule has 0 aromatic heterocycles. The van der Waals surface area contributed by atoms with Crippen LogP contribution in [0.15, 0.2) is 11.6 Å². The number of hydrogen-bond donors (Lipinski definition) is 0. The third kappa shape index (κ3) is 3.18. The molecule has 3 saturated carbocycles. The van der Waals surface area contributed by atoms with Gasteiger partial charge in [-0.2, -0.15) is 0 Å². The maximum atomic E-state index is 6.96. The summed E-state index contributed by atoms with van der Waals surface area (Å²) in [5.74, 6) is 5.09. The second-order valence-electron chi connectivity index (χ2n) is 15.1. The van der Waals surface area contributed by atoms with Crippen molar-refractivity contribution in [3.8, 4) is 0 Å². The van der Waals surface area contributed by atoms with Crippen molar-refractivity contribution in [2.45, 2.75) is 118 Å². The van der Waals surface area contributed by atoms with Gasteiger partial charge < -0.3 is 9.47 Å². The van der Waals surface area contributed by atoms with Gasteiger partial charge in [-0.1, -0.05) is 60.1 Å². The molecule has 2 saturated heterocycles. The molecule has 0 N–H and O–H groups in total. The molecular weight excluding hydrogens is 404 g/mol. The van der Waals surface area contributed by atoms with Gasteiger partial charge in [0.25, 0.3) is 0 Å². The number of allylic oxidation sites excluding steroid dienone is 2. The van der Waals surface area contributed by atoms with E-state index in [1.165, 1.54) is 51.4 Å². The minimum Gasteiger partial charge on any atom is -0.349 e. The Morgan fingerprint density at radius 1 is 0.970 bits per heavy atom. The van der Waals surface area contributed by atoms with E-state index in [9.17, 15) is 0 Å². The van der Waals surface area contributed by atoms with E-state index in [1.54, 1.807) is 0 Å². The topological polar surface area (TPSA) is 18.5 Å². The Labute approximate surface area is 203 Å². The van der Waals surface area contributed by atoms with Crippen molar-refractivity contribution >= 4 is 0 Å². The Kier molecular flexibility index (Phi) is 5.14. The van der Waals surface area contributed by atoms with Crippen molar-refractivity contribution < 1.29 is 9.47 Å². The van der Waals surface area contributed by atoms with Crippen LogP contribution < -0.4 is 0 Å². The molecular formula is C31H50O2. The third-order valence-corrected chi connectivity index (χ3v) is 12.6. The van der Waals surface area contributed by atoms with Crippen molar-refractivity contribution in [2.75, 3.05) is 6.61 Å². The van der Waals surface area contributed by atoms with E-state index in [-0.39, 0.29) is 5.79 Å². The van der Waals surface area contributed by atoms with Gasteiger partial charge >= 0.3 is 0 Å². The van der Waals surface area contributed by atoms with Crippen molar-refractivity contribution in [2.24, 2.45) is 57.7 Å². The SMILES string of the molecule is C[C@@H]1CC[C@@]2(OC1)O[C@H]1C[C@H]3[C@@H]4CC=C5CC(C(C)(C)C)CC[C@]5(C)[C@H]4CC[C@]3(C)[C@H]1[C@@H]2C. The first-order valence-corrected chi connectivity index (χ1v) is 14.5. The summed E-state index contributed by atoms with van der Waals surface area (Å²) in [6.45, 7) is 18.4. The zero-order chi connectivity index (χ0) is 23.4. The van der Waals surface area contributed by atoms with E-state index in [0.717, 1.165) is 36.7 Å². The molecule has 33 heavy (non-hydrogen) atoms. The third-order valence-electron chi connectivity index (χ3n) is 12.6. The lowest BCUT2D eigenvalue weighted by Crippen LogP contribution is -2.52. The Balaban J connectivity index is 1.25. The van der Waals surface area contributed by atoms with Crippen LogP contribution in [0.3, 0.4) is 0 Å². The summed E-state index contributed by atoms with van der Waals surface area (Å²) < 4.78 is 13.5. The molecule has 6 aliphatic rings. The van der Waals surface area contributed by atoms with Gasteiger partial charge in [0, 0.05) is 12.3 Å². The van der Waals surface area contributed by atoms with E-state index >= 15 is 0 Å². The van der Waals surface area contributed by atoms with Gasteiger partial charge in [0.1, 0.15) is 0 Å². The molecule has 6 rings (SSSR count). The molecule has 0 bridgehead atoms. The fraction of sp³-hybridized carbons (Fsp3) is 0.935. The van der Waals surface area contributed by atoms with Crippen LogP contribution in [0.5, 0.6) is 0 Å². The first kappa shape index (κ1) is 23.1. The van der Waals surface area contributed by atoms with Gasteiger partial charge in [-0.15, -0.1) is 0 Å². The van der Waals surface area contributed by atoms with Crippen LogP contribution in [0.1, 0.15) is 106 Å². The molecule has 2 nitrogen and oxygen atoms in total. The highest BCUT2D eigenvalue weighted by Crippen LogP contribution is 2.71. The Bertz CT molecular complexity index is 813. The van der Waals surface area contributed by atoms with E-state index in [1.807, 2.05) is 5.57 Å². The zero-order valence-electron chi connectivity index (χ0n) is 22.6. The lowest BCUT2D eigenvalue weighted by atomic mass is 9.46. The molecule has 0 aromatic rings. The molecule has 1 unspecified atom stereocenters. The van der Waals surface area contributed by atoms with Crippen molar-refractivity contribution in [3.05, 3.63) is 11.6 Å². The predicted molar refractivity (Wildman–Crippen MR) is 135 cm³/mol. The molecule has 2 heteroatoms. The highest BCUT2D eigenvalue weighted by Gasteiger charge is 2.68. The highest BCUT2D eigenvalue weighted by atomic mass is 16.7. The fourth-order valence-electron chi connectivity index (χ4n) is 10.4. The molecule has 186 valence electrons. The number of hydrogen-bond acceptors (Lipinski definition) is 2. The van der Waals surface area contributed by atoms with Gasteiger partial charge in [-0.25, -0.2) is 0 Å². The normalized spacial score (nSPS) is 56.0. The largest absolute Gasteiger partial charge is 0.349 e. The number of rotatable bonds is 0. The summed E-state index contributed by atoms with van der Waals surface area (Å²) in [6.07, 6.45) is 15.2. The first-order chi connectivity index (χ1) is 15.5. The van der Waals surface area contributed by atoms with Crippen LogP contribution in [-0.2, 0) is 9.47 Å². The van der Waals surface area contributed by atoms with Crippen LogP contribution in [-0.4, -0.2) is 18.5 Å². The maximum absolute atomic E-state index is 6.96. The summed E-state index contributed by atoms with van der Waals surface area (Å²) in [7, 11) is 0. The average Bonchev–Trinajstić information content (AvgIpc) is 3.19. The van der Waals surface area contributed by atoms with Gasteiger partial charge in [0.2, 0.25) is 0 Å². The van der Waals surface area contributed by atoms with Crippen LogP contribution in [0.25, 0.3) is 0 Å². The summed E-state index contributed by atoms with van der Waals surface area (Å²) in [5.41, 5.74) is 3.17. The second kappa shape index (κ2) is 7.34. The van der Waals surface area contributed by atoms with Gasteiger partial charge in [0.15, 0.2) is 5.79 Å². The Hall–Kier alpha value is -0.340. The molecule has 0 aromatic carbocycles. The first-order valence-electron chi connectivity index (χ1n) is 14.5. The van der Waals surface area contributed by atoms with E-state index in [2.05, 4.69) is 54.5 Å². The van der Waals surface area contributed by atoms with E-state index in [0.29, 0.717) is 40.1 Å². The molecule has 11 atom stereocenters. The van der Waals surface area contributed by atoms with Crippen molar-refractivity contribution in [1.82, 2.24) is 0 Å². The van der Waals surface area contributed by atoms with Crippen LogP contribution in [0.4, 0.5) is 0 Å². The molecule has 5 fully saturated rings. The quantitative estimate of drug-likeness (QED) is 0.345. The lowest BCUT2D eigenvalue weighted by Gasteiger charge is -2.59. The van der Waals surface area contributed by atoms with E-state index in [4.69, 9.17) is 9.47 Å². The van der Waals surface area contributed by atoms with Gasteiger partial charge in [-0.05, 0) is 103 Å². The zero-order valence-corrected chi connectivity index (χ0v) is 22.6. The van der Waals surface area contributed by atoms with E-state index < -0.39 is 0 Å². The molecule has 1 spiro atoms. The molecule has 4 aliphatic carbocycles. The van der Waals surface area contributed by atoms with Crippen LogP contribution in [0, 0.1) is 57.7 Å². The van der Waals surface area contributed by atoms with Crippen molar-refractivity contribution in [1.29, 1.82) is 0 Å².